The Morgan fingerprint density at radius 3 is 1.06 bits per heavy atom. The first kappa shape index (κ1) is 33.3. The molecule has 0 heterocycles. The lowest BCUT2D eigenvalue weighted by molar-refractivity contribution is -0.890. The van der Waals surface area contributed by atoms with Gasteiger partial charge in [-0.3, -0.25) is 0 Å². The van der Waals surface area contributed by atoms with Crippen molar-refractivity contribution in [2.75, 3.05) is 27.2 Å². The number of quaternary nitrogens is 1. The van der Waals surface area contributed by atoms with E-state index in [0.29, 0.717) is 4.13 Å². The van der Waals surface area contributed by atoms with Gasteiger partial charge in [-0.25, -0.2) is 16.8 Å². The molecular weight excluding hydrogens is 514 g/mol. The molecule has 6 nitrogen and oxygen atoms in total. The third kappa shape index (κ3) is 8.81. The molecule has 0 rings (SSSR count). The van der Waals surface area contributed by atoms with Gasteiger partial charge < -0.3 is 8.61 Å². The van der Waals surface area contributed by atoms with Crippen LogP contribution in [0.25, 0.3) is 4.13 Å². The molecule has 0 N–H and O–H groups in total. The van der Waals surface area contributed by atoms with E-state index in [4.69, 9.17) is 0 Å². The lowest BCUT2D eigenvalue weighted by atomic mass is 10.2. The fraction of sp³-hybridized carbons (Fsp3) is 1.00. The van der Waals surface area contributed by atoms with E-state index in [2.05, 4.69) is 27.9 Å². The minimum atomic E-state index is -7.62. The Morgan fingerprint density at radius 2 is 0.875 bits per heavy atom. The highest BCUT2D eigenvalue weighted by Gasteiger charge is 2.68. The van der Waals surface area contributed by atoms with Gasteiger partial charge in [0.25, 0.3) is 0 Å². The zero-order valence-electron chi connectivity index (χ0n) is 17.4. The maximum atomic E-state index is 12.3. The number of hydrogen-bond acceptors (Lipinski definition) is 4. The fourth-order valence-electron chi connectivity index (χ4n) is 1.80. The Bertz CT molecular complexity index is 727. The molecule has 32 heavy (non-hydrogen) atoms. The van der Waals surface area contributed by atoms with Crippen molar-refractivity contribution in [3.63, 3.8) is 0 Å². The van der Waals surface area contributed by atoms with Gasteiger partial charge in [0.1, 0.15) is 0 Å². The average molecular weight is 538 g/mol. The second kappa shape index (κ2) is 11.0. The van der Waals surface area contributed by atoms with E-state index in [-0.39, 0.29) is 0 Å². The van der Waals surface area contributed by atoms with Gasteiger partial charge >= 0.3 is 22.9 Å². The predicted octanol–water partition coefficient (Wildman–Crippen LogP) is 4.99. The summed E-state index contributed by atoms with van der Waals surface area (Å²) in [4.78, 5) is 0. The molecule has 0 aliphatic heterocycles. The molecule has 196 valence electrons. The zero-order valence-corrected chi connectivity index (χ0v) is 19.0. The topological polar surface area (TPSA) is 82.4 Å². The highest BCUT2D eigenvalue weighted by Crippen LogP contribution is 2.47. The molecule has 0 fully saturated rings. The second-order valence-electron chi connectivity index (χ2n) is 7.14. The Morgan fingerprint density at radius 1 is 0.625 bits per heavy atom. The highest BCUT2D eigenvalue weighted by molar-refractivity contribution is 8.13. The van der Waals surface area contributed by atoms with Crippen LogP contribution in [0.15, 0.2) is 0 Å². The van der Waals surface area contributed by atoms with E-state index < -0.39 is 42.9 Å². The summed E-state index contributed by atoms with van der Waals surface area (Å²) in [6.07, 6.45) is -8.61. The minimum absolute atomic E-state index is 0.422. The van der Waals surface area contributed by atoms with Crippen molar-refractivity contribution in [2.24, 2.45) is 0 Å². The average Bonchev–Trinajstić information content (AvgIpc) is 2.55. The van der Waals surface area contributed by atoms with Crippen LogP contribution >= 0.6 is 0 Å². The summed E-state index contributed by atoms with van der Waals surface area (Å²) in [6.45, 7) is 7.21. The smallest absolute Gasteiger partial charge is 0.425 e. The van der Waals surface area contributed by atoms with Gasteiger partial charge in [-0.15, -0.1) is 0 Å². The van der Waals surface area contributed by atoms with Crippen LogP contribution in [0.2, 0.25) is 0 Å². The highest BCUT2D eigenvalue weighted by atomic mass is 32.3. The molecule has 0 unspecified atom stereocenters. The van der Waals surface area contributed by atoms with Gasteiger partial charge in [0, 0.05) is 0 Å². The van der Waals surface area contributed by atoms with Crippen LogP contribution in [0, 0.1) is 0 Å². The third-order valence-corrected chi connectivity index (χ3v) is 7.07. The standard InChI is InChI=1S/C10H24N.C4F10NO4S2/c1-5-7-9-11(3,4)10-8-6-2;5-1(6,7)3(11,12)20(16,17)15-21(18,19)4(13,14)2(8,9)10/h5-10H2,1-4H3;/q+1;-1. The van der Waals surface area contributed by atoms with Crippen LogP contribution in [-0.2, 0) is 20.0 Å². The molecule has 0 amide bonds. The largest absolute Gasteiger partial charge is 0.467 e. The van der Waals surface area contributed by atoms with Gasteiger partial charge in [-0.1, -0.05) is 26.7 Å². The molecule has 0 saturated heterocycles. The number of rotatable bonds is 10. The van der Waals surface area contributed by atoms with Crippen LogP contribution < -0.4 is 0 Å². The zero-order chi connectivity index (χ0) is 26.4. The van der Waals surface area contributed by atoms with Crippen molar-refractivity contribution in [1.82, 2.24) is 0 Å². The maximum Gasteiger partial charge on any atom is 0.467 e. The Hall–Kier alpha value is -0.880. The normalized spacial score (nSPS) is 14.7. The lowest BCUT2D eigenvalue weighted by Crippen LogP contribution is -2.48. The molecule has 18 heteroatoms. The van der Waals surface area contributed by atoms with E-state index in [1.54, 1.807) is 0 Å². The van der Waals surface area contributed by atoms with Crippen LogP contribution in [0.1, 0.15) is 39.5 Å². The second-order valence-corrected chi connectivity index (χ2v) is 10.7. The number of sulfonamides is 2. The Balaban J connectivity index is 0. The molecular formula is C14H24F10N2O4S2. The SMILES string of the molecule is CCCC[N+](C)(C)CCCC.O=S(=O)([N-]S(=O)(=O)C(F)(F)C(F)(F)F)C(F)(F)C(F)(F)F. The summed E-state index contributed by atoms with van der Waals surface area (Å²) >= 11 is 0. The molecule has 0 radical (unpaired) electrons. The van der Waals surface area contributed by atoms with Crippen LogP contribution in [0.3, 0.4) is 0 Å². The van der Waals surface area contributed by atoms with E-state index in [0.717, 1.165) is 0 Å². The quantitative estimate of drug-likeness (QED) is 0.290. The molecule has 0 bridgehead atoms. The predicted molar refractivity (Wildman–Crippen MR) is 94.9 cm³/mol. The Labute approximate surface area is 179 Å². The van der Waals surface area contributed by atoms with Crippen LogP contribution in [0.4, 0.5) is 43.9 Å². The first-order valence-electron chi connectivity index (χ1n) is 8.77. The molecule has 0 aliphatic rings. The molecule has 0 aromatic carbocycles. The van der Waals surface area contributed by atoms with Crippen LogP contribution in [-0.4, -0.2) is 71.4 Å². The summed E-state index contributed by atoms with van der Waals surface area (Å²) in [6, 6.07) is 0. The monoisotopic (exact) mass is 538 g/mol. The van der Waals surface area contributed by atoms with E-state index in [1.807, 2.05) is 0 Å². The van der Waals surface area contributed by atoms with E-state index in [9.17, 15) is 60.7 Å². The summed E-state index contributed by atoms with van der Waals surface area (Å²) in [7, 11) is -10.6. The minimum Gasteiger partial charge on any atom is -0.425 e. The van der Waals surface area contributed by atoms with Crippen molar-refractivity contribution in [2.45, 2.75) is 62.4 Å². The fourth-order valence-corrected chi connectivity index (χ4v) is 4.17. The summed E-state index contributed by atoms with van der Waals surface area (Å²) in [5, 5.41) is -14.0. The number of halogens is 10. The molecule has 0 saturated carbocycles. The van der Waals surface area contributed by atoms with Gasteiger partial charge in [-0.2, -0.15) is 43.9 Å². The molecule has 0 aromatic heterocycles. The number of hydrogen-bond donors (Lipinski definition) is 0. The number of nitrogens with zero attached hydrogens (tertiary/aromatic N) is 2. The van der Waals surface area contributed by atoms with E-state index in [1.165, 1.54) is 43.3 Å². The van der Waals surface area contributed by atoms with Crippen molar-refractivity contribution in [1.29, 1.82) is 0 Å². The molecule has 0 aromatic rings. The van der Waals surface area contributed by atoms with Crippen LogP contribution in [0.5, 0.6) is 0 Å². The lowest BCUT2D eigenvalue weighted by Gasteiger charge is -2.31. The Kier molecular flexibility index (Phi) is 11.5. The van der Waals surface area contributed by atoms with Gasteiger partial charge in [0.2, 0.25) is 0 Å². The van der Waals surface area contributed by atoms with E-state index >= 15 is 0 Å². The summed E-state index contributed by atoms with van der Waals surface area (Å²) in [5.74, 6) is 0. The third-order valence-electron chi connectivity index (χ3n) is 3.74. The van der Waals surface area contributed by atoms with Crippen molar-refractivity contribution in [3.8, 4) is 0 Å². The number of alkyl halides is 10. The maximum absolute atomic E-state index is 12.3. The van der Waals surface area contributed by atoms with Gasteiger partial charge in [-0.05, 0) is 12.8 Å². The van der Waals surface area contributed by atoms with Gasteiger partial charge in [0.15, 0.2) is 20.0 Å². The molecule has 0 atom stereocenters. The van der Waals surface area contributed by atoms with Gasteiger partial charge in [0.05, 0.1) is 27.2 Å². The summed E-state index contributed by atoms with van der Waals surface area (Å²) in [5.41, 5.74) is 0. The summed E-state index contributed by atoms with van der Waals surface area (Å²) < 4.78 is 162. The first-order valence-corrected chi connectivity index (χ1v) is 11.7. The van der Waals surface area contributed by atoms with Crippen molar-refractivity contribution in [3.05, 3.63) is 4.13 Å². The van der Waals surface area contributed by atoms with Crippen molar-refractivity contribution >= 4 is 20.0 Å². The van der Waals surface area contributed by atoms with Crippen molar-refractivity contribution < 1.29 is 65.2 Å². The first-order chi connectivity index (χ1) is 13.8. The molecule has 0 spiro atoms. The number of unbranched alkanes of at least 4 members (excludes halogenated alkanes) is 2. The molecule has 0 aliphatic carbocycles.